The van der Waals surface area contributed by atoms with Crippen molar-refractivity contribution in [3.63, 3.8) is 0 Å². The van der Waals surface area contributed by atoms with Crippen LogP contribution in [0.15, 0.2) is 16.7 Å². The van der Waals surface area contributed by atoms with Crippen LogP contribution in [0.25, 0.3) is 0 Å². The Kier molecular flexibility index (Phi) is 4.74. The van der Waals surface area contributed by atoms with E-state index >= 15 is 0 Å². The van der Waals surface area contributed by atoms with Crippen LogP contribution in [0.3, 0.4) is 0 Å². The zero-order valence-corrected chi connectivity index (χ0v) is 12.3. The predicted octanol–water partition coefficient (Wildman–Crippen LogP) is 4.66. The fourth-order valence-corrected chi connectivity index (χ4v) is 3.40. The maximum atomic E-state index is 6.15. The number of furan rings is 1. The first kappa shape index (κ1) is 14.0. The van der Waals surface area contributed by atoms with E-state index in [4.69, 9.17) is 16.0 Å². The van der Waals surface area contributed by atoms with E-state index in [-0.39, 0.29) is 0 Å². The summed E-state index contributed by atoms with van der Waals surface area (Å²) in [4.78, 5) is 0. The molecule has 4 unspecified atom stereocenters. The largest absolute Gasteiger partial charge is 0.453 e. The van der Waals surface area contributed by atoms with E-state index in [1.54, 1.807) is 6.26 Å². The molecular weight excluding hydrogens is 246 g/mol. The van der Waals surface area contributed by atoms with E-state index in [0.717, 1.165) is 23.9 Å². The first-order valence-corrected chi connectivity index (χ1v) is 7.47. The highest BCUT2D eigenvalue weighted by molar-refractivity contribution is 6.29. The van der Waals surface area contributed by atoms with Crippen LogP contribution in [-0.4, -0.2) is 6.54 Å². The van der Waals surface area contributed by atoms with Gasteiger partial charge in [0.2, 0.25) is 0 Å². The van der Waals surface area contributed by atoms with E-state index in [9.17, 15) is 0 Å². The smallest absolute Gasteiger partial charge is 0.197 e. The molecule has 0 spiro atoms. The Morgan fingerprint density at radius 2 is 2.17 bits per heavy atom. The summed E-state index contributed by atoms with van der Waals surface area (Å²) in [5, 5.41) is 4.13. The summed E-state index contributed by atoms with van der Waals surface area (Å²) < 4.78 is 5.26. The Hall–Kier alpha value is -0.470. The van der Waals surface area contributed by atoms with Crippen LogP contribution in [0.5, 0.6) is 0 Å². The summed E-state index contributed by atoms with van der Waals surface area (Å²) in [6.07, 6.45) is 5.57. The minimum Gasteiger partial charge on any atom is -0.453 e. The third-order valence-electron chi connectivity index (χ3n) is 4.52. The van der Waals surface area contributed by atoms with Crippen molar-refractivity contribution in [2.45, 2.75) is 46.1 Å². The van der Waals surface area contributed by atoms with E-state index < -0.39 is 0 Å². The van der Waals surface area contributed by atoms with Gasteiger partial charge >= 0.3 is 0 Å². The van der Waals surface area contributed by atoms with Crippen molar-refractivity contribution < 1.29 is 4.42 Å². The Labute approximate surface area is 115 Å². The Morgan fingerprint density at radius 1 is 1.39 bits per heavy atom. The molecule has 1 N–H and O–H groups in total. The molecule has 1 aliphatic rings. The average molecular weight is 270 g/mol. The van der Waals surface area contributed by atoms with Crippen LogP contribution >= 0.6 is 11.6 Å². The maximum Gasteiger partial charge on any atom is 0.197 e. The van der Waals surface area contributed by atoms with Gasteiger partial charge in [0.15, 0.2) is 5.22 Å². The number of rotatable bonds is 4. The molecule has 1 heterocycles. The van der Waals surface area contributed by atoms with Crippen molar-refractivity contribution in [3.05, 3.63) is 23.1 Å². The second-order valence-electron chi connectivity index (χ2n) is 5.71. The Morgan fingerprint density at radius 3 is 2.72 bits per heavy atom. The summed E-state index contributed by atoms with van der Waals surface area (Å²) in [6.45, 7) is 7.85. The lowest BCUT2D eigenvalue weighted by Gasteiger charge is -2.36. The summed E-state index contributed by atoms with van der Waals surface area (Å²) in [5.74, 6) is 2.32. The van der Waals surface area contributed by atoms with Gasteiger partial charge in [-0.1, -0.05) is 27.2 Å². The van der Waals surface area contributed by atoms with Crippen LogP contribution in [0.4, 0.5) is 0 Å². The normalized spacial score (nSPS) is 30.3. The lowest BCUT2D eigenvalue weighted by atomic mass is 9.72. The molecule has 102 valence electrons. The number of halogens is 1. The summed E-state index contributed by atoms with van der Waals surface area (Å²) in [7, 11) is 0. The topological polar surface area (TPSA) is 25.2 Å². The number of nitrogens with one attached hydrogen (secondary N) is 1. The molecule has 0 bridgehead atoms. The van der Waals surface area contributed by atoms with Crippen molar-refractivity contribution in [1.29, 1.82) is 0 Å². The maximum absolute atomic E-state index is 6.15. The van der Waals surface area contributed by atoms with Crippen LogP contribution < -0.4 is 5.32 Å². The molecule has 1 saturated carbocycles. The molecule has 0 radical (unpaired) electrons. The summed E-state index contributed by atoms with van der Waals surface area (Å²) in [6, 6.07) is 2.36. The second kappa shape index (κ2) is 6.12. The van der Waals surface area contributed by atoms with Gasteiger partial charge in [-0.3, -0.25) is 0 Å². The highest BCUT2D eigenvalue weighted by atomic mass is 35.5. The van der Waals surface area contributed by atoms with Crippen LogP contribution in [-0.2, 0) is 0 Å². The van der Waals surface area contributed by atoms with Gasteiger partial charge in [0.1, 0.15) is 0 Å². The van der Waals surface area contributed by atoms with Crippen LogP contribution in [0.1, 0.15) is 51.6 Å². The zero-order valence-electron chi connectivity index (χ0n) is 11.6. The van der Waals surface area contributed by atoms with E-state index in [1.165, 1.54) is 19.3 Å². The Bertz CT molecular complexity index is 376. The molecule has 2 nitrogen and oxygen atoms in total. The standard InChI is InChI=1S/C15H24ClNO/c1-4-17-14(13-7-8-18-15(13)16)12-6-5-10(2)11(3)9-12/h7-8,10-12,14,17H,4-6,9H2,1-3H3. The average Bonchev–Trinajstić information content (AvgIpc) is 2.76. The predicted molar refractivity (Wildman–Crippen MR) is 75.8 cm³/mol. The van der Waals surface area contributed by atoms with E-state index in [2.05, 4.69) is 26.1 Å². The van der Waals surface area contributed by atoms with E-state index in [1.807, 2.05) is 6.07 Å². The number of hydrogen-bond donors (Lipinski definition) is 1. The molecular formula is C15H24ClNO. The molecule has 1 aromatic heterocycles. The summed E-state index contributed by atoms with van der Waals surface area (Å²) in [5.41, 5.74) is 1.13. The van der Waals surface area contributed by atoms with Gasteiger partial charge in [0.25, 0.3) is 0 Å². The molecule has 4 atom stereocenters. The minimum atomic E-state index is 0.344. The van der Waals surface area contributed by atoms with Crippen LogP contribution in [0, 0.1) is 17.8 Å². The summed E-state index contributed by atoms with van der Waals surface area (Å²) >= 11 is 6.15. The molecule has 1 fully saturated rings. The SMILES string of the molecule is CCNC(c1ccoc1Cl)C1CCC(C)C(C)C1. The lowest BCUT2D eigenvalue weighted by Crippen LogP contribution is -2.33. The minimum absolute atomic E-state index is 0.344. The molecule has 0 amide bonds. The van der Waals surface area contributed by atoms with Gasteiger partial charge in [-0.25, -0.2) is 0 Å². The number of hydrogen-bond acceptors (Lipinski definition) is 2. The van der Waals surface area contributed by atoms with Crippen LogP contribution in [0.2, 0.25) is 5.22 Å². The first-order valence-electron chi connectivity index (χ1n) is 7.09. The third kappa shape index (κ3) is 2.92. The fraction of sp³-hybridized carbons (Fsp3) is 0.733. The second-order valence-corrected chi connectivity index (χ2v) is 6.06. The van der Waals surface area contributed by atoms with E-state index in [0.29, 0.717) is 17.2 Å². The molecule has 0 aromatic carbocycles. The third-order valence-corrected chi connectivity index (χ3v) is 4.82. The van der Waals surface area contributed by atoms with Crippen molar-refractivity contribution in [3.8, 4) is 0 Å². The monoisotopic (exact) mass is 269 g/mol. The van der Waals surface area contributed by atoms with Gasteiger partial charge in [-0.2, -0.15) is 0 Å². The highest BCUT2D eigenvalue weighted by Crippen LogP contribution is 2.41. The van der Waals surface area contributed by atoms with Crippen molar-refractivity contribution in [2.75, 3.05) is 6.54 Å². The molecule has 2 rings (SSSR count). The lowest BCUT2D eigenvalue weighted by molar-refractivity contribution is 0.171. The quantitative estimate of drug-likeness (QED) is 0.860. The fourth-order valence-electron chi connectivity index (χ4n) is 3.17. The van der Waals surface area contributed by atoms with Gasteiger partial charge in [0, 0.05) is 11.6 Å². The molecule has 1 aromatic rings. The zero-order chi connectivity index (χ0) is 13.1. The van der Waals surface area contributed by atoms with Gasteiger partial charge in [0.05, 0.1) is 6.26 Å². The Balaban J connectivity index is 2.13. The highest BCUT2D eigenvalue weighted by Gasteiger charge is 2.32. The van der Waals surface area contributed by atoms with Gasteiger partial charge in [-0.15, -0.1) is 0 Å². The molecule has 18 heavy (non-hydrogen) atoms. The van der Waals surface area contributed by atoms with Gasteiger partial charge < -0.3 is 9.73 Å². The van der Waals surface area contributed by atoms with Crippen molar-refractivity contribution in [2.24, 2.45) is 17.8 Å². The van der Waals surface area contributed by atoms with Crippen molar-refractivity contribution >= 4 is 11.6 Å². The van der Waals surface area contributed by atoms with Crippen molar-refractivity contribution in [1.82, 2.24) is 5.32 Å². The molecule has 1 aliphatic carbocycles. The van der Waals surface area contributed by atoms with Gasteiger partial charge in [-0.05, 0) is 54.8 Å². The molecule has 0 aliphatic heterocycles. The first-order chi connectivity index (χ1) is 8.63. The molecule has 0 saturated heterocycles. The molecule has 3 heteroatoms.